The Labute approximate surface area is 158 Å². The van der Waals surface area contributed by atoms with Crippen LogP contribution < -0.4 is 4.74 Å². The minimum Gasteiger partial charge on any atom is -0.481 e. The molecule has 1 aliphatic rings. The Bertz CT molecular complexity index is 775. The Hall–Kier alpha value is -2.86. The van der Waals surface area contributed by atoms with Crippen LogP contribution in [0.5, 0.6) is 5.75 Å². The van der Waals surface area contributed by atoms with Gasteiger partial charge in [-0.15, -0.1) is 0 Å². The number of carboxylic acids is 1. The van der Waals surface area contributed by atoms with Gasteiger partial charge in [-0.3, -0.25) is 9.59 Å². The van der Waals surface area contributed by atoms with Gasteiger partial charge in [-0.25, -0.2) is 0 Å². The summed E-state index contributed by atoms with van der Waals surface area (Å²) in [5, 5.41) is 9.03. The highest BCUT2D eigenvalue weighted by molar-refractivity contribution is 5.82. The fraction of sp³-hybridized carbons (Fsp3) is 0.333. The SMILES string of the molecule is CC(Oc1ccc(-c2ccccc2)cc1)C(=O)N1CCOCC1CC(=O)O. The van der Waals surface area contributed by atoms with Gasteiger partial charge in [0.05, 0.1) is 25.7 Å². The zero-order chi connectivity index (χ0) is 19.2. The molecule has 1 saturated heterocycles. The zero-order valence-electron chi connectivity index (χ0n) is 15.2. The van der Waals surface area contributed by atoms with Crippen molar-refractivity contribution in [2.45, 2.75) is 25.5 Å². The molecule has 1 amide bonds. The van der Waals surface area contributed by atoms with Gasteiger partial charge in [0.2, 0.25) is 0 Å². The van der Waals surface area contributed by atoms with Crippen LogP contribution >= 0.6 is 0 Å². The first-order valence-corrected chi connectivity index (χ1v) is 8.97. The maximum atomic E-state index is 12.7. The Morgan fingerprint density at radius 1 is 1.15 bits per heavy atom. The Kier molecular flexibility index (Phi) is 6.08. The van der Waals surface area contributed by atoms with E-state index in [0.717, 1.165) is 11.1 Å². The Morgan fingerprint density at radius 3 is 2.48 bits per heavy atom. The van der Waals surface area contributed by atoms with Crippen molar-refractivity contribution in [3.8, 4) is 16.9 Å². The molecule has 0 saturated carbocycles. The third-order valence-corrected chi connectivity index (χ3v) is 4.54. The van der Waals surface area contributed by atoms with Gasteiger partial charge < -0.3 is 19.5 Å². The van der Waals surface area contributed by atoms with E-state index in [9.17, 15) is 9.59 Å². The summed E-state index contributed by atoms with van der Waals surface area (Å²) < 4.78 is 11.1. The number of hydrogen-bond acceptors (Lipinski definition) is 4. The molecule has 142 valence electrons. The molecule has 2 aromatic rings. The molecule has 27 heavy (non-hydrogen) atoms. The fourth-order valence-corrected chi connectivity index (χ4v) is 3.16. The molecule has 6 heteroatoms. The molecule has 1 N–H and O–H groups in total. The normalized spacial score (nSPS) is 18.0. The summed E-state index contributed by atoms with van der Waals surface area (Å²) in [6.07, 6.45) is -0.841. The van der Waals surface area contributed by atoms with E-state index in [2.05, 4.69) is 0 Å². The lowest BCUT2D eigenvalue weighted by Gasteiger charge is -2.36. The van der Waals surface area contributed by atoms with Crippen molar-refractivity contribution < 1.29 is 24.2 Å². The molecular weight excluding hydrogens is 346 g/mol. The zero-order valence-corrected chi connectivity index (χ0v) is 15.2. The quantitative estimate of drug-likeness (QED) is 0.847. The number of carboxylic acid groups (broad SMARTS) is 1. The first-order valence-electron chi connectivity index (χ1n) is 8.97. The summed E-state index contributed by atoms with van der Waals surface area (Å²) in [6.45, 7) is 2.69. The van der Waals surface area contributed by atoms with E-state index < -0.39 is 18.1 Å². The van der Waals surface area contributed by atoms with E-state index in [0.29, 0.717) is 18.9 Å². The van der Waals surface area contributed by atoms with E-state index in [-0.39, 0.29) is 18.9 Å². The van der Waals surface area contributed by atoms with E-state index >= 15 is 0 Å². The molecule has 0 spiro atoms. The van der Waals surface area contributed by atoms with Gasteiger partial charge in [-0.1, -0.05) is 42.5 Å². The molecule has 2 aromatic carbocycles. The van der Waals surface area contributed by atoms with E-state index in [4.69, 9.17) is 14.6 Å². The predicted molar refractivity (Wildman–Crippen MR) is 101 cm³/mol. The number of aliphatic carboxylic acids is 1. The molecule has 0 radical (unpaired) electrons. The summed E-state index contributed by atoms with van der Waals surface area (Å²) in [6, 6.07) is 17.1. The maximum absolute atomic E-state index is 12.7. The molecule has 0 aliphatic carbocycles. The van der Waals surface area contributed by atoms with Crippen molar-refractivity contribution in [2.24, 2.45) is 0 Å². The van der Waals surface area contributed by atoms with Crippen LogP contribution in [0.1, 0.15) is 13.3 Å². The predicted octanol–water partition coefficient (Wildman–Crippen LogP) is 2.82. The first-order chi connectivity index (χ1) is 13.0. The molecule has 1 aliphatic heterocycles. The summed E-state index contributed by atoms with van der Waals surface area (Å²) in [4.78, 5) is 25.3. The molecule has 3 rings (SSSR count). The van der Waals surface area contributed by atoms with Gasteiger partial charge in [0.15, 0.2) is 6.10 Å². The van der Waals surface area contributed by atoms with Crippen LogP contribution in [0, 0.1) is 0 Å². The monoisotopic (exact) mass is 369 g/mol. The average molecular weight is 369 g/mol. The minimum atomic E-state index is -0.951. The number of nitrogens with zero attached hydrogens (tertiary/aromatic N) is 1. The largest absolute Gasteiger partial charge is 0.481 e. The van der Waals surface area contributed by atoms with Gasteiger partial charge in [-0.2, -0.15) is 0 Å². The van der Waals surface area contributed by atoms with Crippen molar-refractivity contribution in [1.29, 1.82) is 0 Å². The van der Waals surface area contributed by atoms with Crippen molar-refractivity contribution in [3.63, 3.8) is 0 Å². The lowest BCUT2D eigenvalue weighted by Crippen LogP contribution is -2.53. The van der Waals surface area contributed by atoms with Crippen molar-refractivity contribution in [1.82, 2.24) is 4.90 Å². The molecule has 0 bridgehead atoms. The highest BCUT2D eigenvalue weighted by Crippen LogP contribution is 2.23. The maximum Gasteiger partial charge on any atom is 0.305 e. The van der Waals surface area contributed by atoms with Gasteiger partial charge in [0, 0.05) is 6.54 Å². The minimum absolute atomic E-state index is 0.135. The molecule has 1 fully saturated rings. The number of hydrogen-bond donors (Lipinski definition) is 1. The van der Waals surface area contributed by atoms with E-state index in [1.807, 2.05) is 54.6 Å². The summed E-state index contributed by atoms with van der Waals surface area (Å²) in [7, 11) is 0. The average Bonchev–Trinajstić information content (AvgIpc) is 2.68. The van der Waals surface area contributed by atoms with Crippen LogP contribution in [-0.4, -0.2) is 53.8 Å². The first kappa shape index (κ1) is 18.9. The van der Waals surface area contributed by atoms with Crippen molar-refractivity contribution in [2.75, 3.05) is 19.8 Å². The number of amides is 1. The number of benzene rings is 2. The third kappa shape index (κ3) is 4.86. The number of rotatable bonds is 6. The fourth-order valence-electron chi connectivity index (χ4n) is 3.16. The second-order valence-corrected chi connectivity index (χ2v) is 6.51. The van der Waals surface area contributed by atoms with Crippen LogP contribution in [0.3, 0.4) is 0 Å². The van der Waals surface area contributed by atoms with Crippen LogP contribution in [0.15, 0.2) is 54.6 Å². The van der Waals surface area contributed by atoms with E-state index in [1.165, 1.54) is 0 Å². The second-order valence-electron chi connectivity index (χ2n) is 6.51. The Morgan fingerprint density at radius 2 is 1.81 bits per heavy atom. The van der Waals surface area contributed by atoms with Gasteiger partial charge in [0.1, 0.15) is 5.75 Å². The number of morpholine rings is 1. The lowest BCUT2D eigenvalue weighted by atomic mass is 10.1. The number of carbonyl (C=O) groups is 2. The Balaban J connectivity index is 1.64. The number of carbonyl (C=O) groups excluding carboxylic acids is 1. The smallest absolute Gasteiger partial charge is 0.305 e. The van der Waals surface area contributed by atoms with Crippen LogP contribution in [0.4, 0.5) is 0 Å². The highest BCUT2D eigenvalue weighted by atomic mass is 16.5. The van der Waals surface area contributed by atoms with Crippen molar-refractivity contribution in [3.05, 3.63) is 54.6 Å². The third-order valence-electron chi connectivity index (χ3n) is 4.54. The van der Waals surface area contributed by atoms with Gasteiger partial charge in [-0.05, 0) is 30.2 Å². The summed E-state index contributed by atoms with van der Waals surface area (Å²) in [5.74, 6) is -0.580. The molecule has 2 unspecified atom stereocenters. The van der Waals surface area contributed by atoms with E-state index in [1.54, 1.807) is 11.8 Å². The highest BCUT2D eigenvalue weighted by Gasteiger charge is 2.32. The lowest BCUT2D eigenvalue weighted by molar-refractivity contribution is -0.150. The summed E-state index contributed by atoms with van der Waals surface area (Å²) in [5.41, 5.74) is 2.18. The van der Waals surface area contributed by atoms with Gasteiger partial charge in [0.25, 0.3) is 5.91 Å². The van der Waals surface area contributed by atoms with Crippen LogP contribution in [0.25, 0.3) is 11.1 Å². The van der Waals surface area contributed by atoms with Gasteiger partial charge >= 0.3 is 5.97 Å². The molecular formula is C21H23NO5. The second kappa shape index (κ2) is 8.68. The van der Waals surface area contributed by atoms with Crippen LogP contribution in [0.2, 0.25) is 0 Å². The standard InChI is InChI=1S/C21H23NO5/c1-15(21(25)22-11-12-26-14-18(22)13-20(23)24)27-19-9-7-17(8-10-19)16-5-3-2-4-6-16/h2-10,15,18H,11-14H2,1H3,(H,23,24). The number of ether oxygens (including phenoxy) is 2. The topological polar surface area (TPSA) is 76.1 Å². The molecule has 6 nitrogen and oxygen atoms in total. The molecule has 1 heterocycles. The summed E-state index contributed by atoms with van der Waals surface area (Å²) >= 11 is 0. The van der Waals surface area contributed by atoms with Crippen molar-refractivity contribution >= 4 is 11.9 Å². The molecule has 0 aromatic heterocycles. The molecule has 2 atom stereocenters. The van der Waals surface area contributed by atoms with Crippen LogP contribution in [-0.2, 0) is 14.3 Å².